The van der Waals surface area contributed by atoms with Gasteiger partial charge in [0.25, 0.3) is 0 Å². The van der Waals surface area contributed by atoms with Crippen molar-refractivity contribution < 1.29 is 9.21 Å². The first-order valence-corrected chi connectivity index (χ1v) is 7.55. The van der Waals surface area contributed by atoms with Crippen LogP contribution in [0.25, 0.3) is 21.9 Å². The number of carbonyl (C=O) groups is 1. The van der Waals surface area contributed by atoms with E-state index in [2.05, 4.69) is 19.2 Å². The number of pyridine rings is 1. The minimum Gasteiger partial charge on any atom is -0.454 e. The van der Waals surface area contributed by atoms with E-state index < -0.39 is 0 Å². The number of nitrogens with zero attached hydrogens (tertiary/aromatic N) is 1. The van der Waals surface area contributed by atoms with Crippen molar-refractivity contribution in [3.63, 3.8) is 0 Å². The van der Waals surface area contributed by atoms with Crippen LogP contribution >= 0.6 is 0 Å². The zero-order chi connectivity index (χ0) is 15.5. The molecule has 0 bridgehead atoms. The minimum atomic E-state index is -0.0952. The lowest BCUT2D eigenvalue weighted by molar-refractivity contribution is -0.117. The Morgan fingerprint density at radius 3 is 2.82 bits per heavy atom. The molecular formula is C18H18N2O2. The highest BCUT2D eigenvalue weighted by Crippen LogP contribution is 2.41. The highest BCUT2D eigenvalue weighted by Gasteiger charge is 2.31. The first-order chi connectivity index (χ1) is 10.4. The maximum Gasteiger partial charge on any atom is 0.224 e. The quantitative estimate of drug-likeness (QED) is 0.676. The molecule has 0 saturated heterocycles. The smallest absolute Gasteiger partial charge is 0.224 e. The summed E-state index contributed by atoms with van der Waals surface area (Å²) in [5, 5.41) is 5.07. The van der Waals surface area contributed by atoms with Gasteiger partial charge < -0.3 is 9.73 Å². The van der Waals surface area contributed by atoms with Gasteiger partial charge in [0.15, 0.2) is 5.58 Å². The summed E-state index contributed by atoms with van der Waals surface area (Å²) < 4.78 is 5.96. The van der Waals surface area contributed by atoms with E-state index >= 15 is 0 Å². The Balaban J connectivity index is 2.12. The maximum atomic E-state index is 12.3. The van der Waals surface area contributed by atoms with Crippen LogP contribution in [0.2, 0.25) is 0 Å². The summed E-state index contributed by atoms with van der Waals surface area (Å²) in [7, 11) is 0. The molecule has 0 saturated carbocycles. The van der Waals surface area contributed by atoms with Gasteiger partial charge in [0, 0.05) is 11.8 Å². The minimum absolute atomic E-state index is 0.0426. The Morgan fingerprint density at radius 1 is 1.23 bits per heavy atom. The summed E-state index contributed by atoms with van der Waals surface area (Å²) in [6.07, 6.45) is 1.27. The van der Waals surface area contributed by atoms with Gasteiger partial charge in [-0.25, -0.2) is 0 Å². The van der Waals surface area contributed by atoms with Gasteiger partial charge in [-0.3, -0.25) is 9.78 Å². The summed E-state index contributed by atoms with van der Waals surface area (Å²) in [4.78, 5) is 17.0. The molecule has 0 aliphatic carbocycles. The number of benzene rings is 1. The fourth-order valence-corrected chi connectivity index (χ4v) is 3.40. The predicted molar refractivity (Wildman–Crippen MR) is 87.0 cm³/mol. The zero-order valence-electron chi connectivity index (χ0n) is 13.0. The summed E-state index contributed by atoms with van der Waals surface area (Å²) >= 11 is 0. The van der Waals surface area contributed by atoms with E-state index in [-0.39, 0.29) is 11.3 Å². The van der Waals surface area contributed by atoms with Crippen molar-refractivity contribution in [1.29, 1.82) is 0 Å². The molecule has 1 aromatic carbocycles. The number of para-hydroxylation sites is 1. The number of aryl methyl sites for hydroxylation is 1. The zero-order valence-corrected chi connectivity index (χ0v) is 13.0. The van der Waals surface area contributed by atoms with Crippen LogP contribution in [0.3, 0.4) is 0 Å². The summed E-state index contributed by atoms with van der Waals surface area (Å²) in [6.45, 7) is 6.18. The summed E-state index contributed by atoms with van der Waals surface area (Å²) in [5.41, 5.74) is 4.14. The molecule has 2 aromatic heterocycles. The standard InChI is InChI=1S/C18H18N2O2/c1-10-17-15(11-6-4-5-7-13(11)22-17)16-12(19-10)8-18(2,3)9-14(21)20-16/h4-7H,8-9H2,1-3H3,(H,20,21). The topological polar surface area (TPSA) is 55.1 Å². The predicted octanol–water partition coefficient (Wildman–Crippen LogP) is 4.20. The SMILES string of the molecule is Cc1nc2c(c3c1oc1ccccc13)NC(=O)CC(C)(C)C2. The Bertz CT molecular complexity index is 922. The van der Waals surface area contributed by atoms with Gasteiger partial charge in [-0.1, -0.05) is 32.0 Å². The summed E-state index contributed by atoms with van der Waals surface area (Å²) in [5.74, 6) is 0.0426. The van der Waals surface area contributed by atoms with E-state index in [4.69, 9.17) is 9.40 Å². The lowest BCUT2D eigenvalue weighted by Crippen LogP contribution is -2.20. The van der Waals surface area contributed by atoms with Crippen molar-refractivity contribution in [1.82, 2.24) is 4.98 Å². The maximum absolute atomic E-state index is 12.3. The molecule has 4 heteroatoms. The first-order valence-electron chi connectivity index (χ1n) is 7.55. The number of hydrogen-bond donors (Lipinski definition) is 1. The van der Waals surface area contributed by atoms with Gasteiger partial charge in [0.05, 0.1) is 22.5 Å². The van der Waals surface area contributed by atoms with Crippen molar-refractivity contribution in [2.24, 2.45) is 5.41 Å². The van der Waals surface area contributed by atoms with Gasteiger partial charge >= 0.3 is 0 Å². The molecule has 3 heterocycles. The van der Waals surface area contributed by atoms with Crippen LogP contribution in [0.4, 0.5) is 5.69 Å². The van der Waals surface area contributed by atoms with Crippen LogP contribution in [0, 0.1) is 12.3 Å². The number of amides is 1. The number of carbonyl (C=O) groups excluding carboxylic acids is 1. The highest BCUT2D eigenvalue weighted by molar-refractivity contribution is 6.15. The van der Waals surface area contributed by atoms with Crippen LogP contribution in [0.1, 0.15) is 31.7 Å². The number of hydrogen-bond acceptors (Lipinski definition) is 3. The Labute approximate surface area is 128 Å². The molecule has 112 valence electrons. The van der Waals surface area contributed by atoms with Crippen LogP contribution < -0.4 is 5.32 Å². The molecule has 1 aliphatic heterocycles. The first kappa shape index (κ1) is 13.3. The molecule has 1 aliphatic rings. The molecule has 0 unspecified atom stereocenters. The monoisotopic (exact) mass is 294 g/mol. The van der Waals surface area contributed by atoms with Gasteiger partial charge in [-0.05, 0) is 24.8 Å². The molecule has 3 aromatic rings. The van der Waals surface area contributed by atoms with E-state index in [1.165, 1.54) is 0 Å². The van der Waals surface area contributed by atoms with E-state index in [0.29, 0.717) is 6.42 Å². The van der Waals surface area contributed by atoms with Crippen molar-refractivity contribution in [3.05, 3.63) is 35.7 Å². The average Bonchev–Trinajstić information content (AvgIpc) is 2.77. The Hall–Kier alpha value is -2.36. The lowest BCUT2D eigenvalue weighted by atomic mass is 9.84. The molecule has 1 N–H and O–H groups in total. The molecule has 1 amide bonds. The number of anilines is 1. The van der Waals surface area contributed by atoms with Crippen LogP contribution in [0.5, 0.6) is 0 Å². The van der Waals surface area contributed by atoms with E-state index in [1.54, 1.807) is 0 Å². The Kier molecular flexibility index (Phi) is 2.61. The Morgan fingerprint density at radius 2 is 2.00 bits per heavy atom. The third kappa shape index (κ3) is 1.90. The van der Waals surface area contributed by atoms with E-state index in [0.717, 1.165) is 45.4 Å². The van der Waals surface area contributed by atoms with E-state index in [1.807, 2.05) is 31.2 Å². The summed E-state index contributed by atoms with van der Waals surface area (Å²) in [6, 6.07) is 7.92. The van der Waals surface area contributed by atoms with Gasteiger partial charge in [-0.2, -0.15) is 0 Å². The van der Waals surface area contributed by atoms with Crippen molar-refractivity contribution in [3.8, 4) is 0 Å². The fourth-order valence-electron chi connectivity index (χ4n) is 3.40. The van der Waals surface area contributed by atoms with Crippen LogP contribution in [-0.4, -0.2) is 10.9 Å². The second kappa shape index (κ2) is 4.32. The number of aromatic nitrogens is 1. The van der Waals surface area contributed by atoms with Gasteiger partial charge in [0.2, 0.25) is 5.91 Å². The highest BCUT2D eigenvalue weighted by atomic mass is 16.3. The normalized spacial score (nSPS) is 17.3. The van der Waals surface area contributed by atoms with E-state index in [9.17, 15) is 4.79 Å². The molecule has 0 radical (unpaired) electrons. The molecule has 0 atom stereocenters. The van der Waals surface area contributed by atoms with Gasteiger partial charge in [0.1, 0.15) is 5.58 Å². The second-order valence-corrected chi connectivity index (χ2v) is 6.89. The fraction of sp³-hybridized carbons (Fsp3) is 0.333. The molecular weight excluding hydrogens is 276 g/mol. The van der Waals surface area contributed by atoms with Crippen LogP contribution in [-0.2, 0) is 11.2 Å². The second-order valence-electron chi connectivity index (χ2n) is 6.89. The number of rotatable bonds is 0. The van der Waals surface area contributed by atoms with Crippen LogP contribution in [0.15, 0.2) is 28.7 Å². The number of fused-ring (bicyclic) bond motifs is 5. The number of furan rings is 1. The average molecular weight is 294 g/mol. The molecule has 4 nitrogen and oxygen atoms in total. The van der Waals surface area contributed by atoms with Crippen molar-refractivity contribution in [2.45, 2.75) is 33.6 Å². The molecule has 4 rings (SSSR count). The van der Waals surface area contributed by atoms with Gasteiger partial charge in [-0.15, -0.1) is 0 Å². The third-order valence-corrected chi connectivity index (χ3v) is 4.31. The largest absolute Gasteiger partial charge is 0.454 e. The van der Waals surface area contributed by atoms with Crippen molar-refractivity contribution >= 4 is 33.5 Å². The number of nitrogens with one attached hydrogen (secondary N) is 1. The van der Waals surface area contributed by atoms with Crippen molar-refractivity contribution in [2.75, 3.05) is 5.32 Å². The molecule has 22 heavy (non-hydrogen) atoms. The molecule has 0 spiro atoms. The third-order valence-electron chi connectivity index (χ3n) is 4.31. The lowest BCUT2D eigenvalue weighted by Gasteiger charge is -2.20. The molecule has 0 fully saturated rings.